The molecular weight excluding hydrogens is 280 g/mol. The Morgan fingerprint density at radius 1 is 1.45 bits per heavy atom. The lowest BCUT2D eigenvalue weighted by molar-refractivity contribution is -0.140. The lowest BCUT2D eigenvalue weighted by atomic mass is 10.2. The van der Waals surface area contributed by atoms with E-state index in [4.69, 9.17) is 5.11 Å². The quantitative estimate of drug-likeness (QED) is 0.791. The Labute approximate surface area is 121 Å². The number of carbonyl (C=O) groups excluding carboxylic acids is 1. The topological polar surface area (TPSA) is 97.1 Å². The molecule has 20 heavy (non-hydrogen) atoms. The summed E-state index contributed by atoms with van der Waals surface area (Å²) >= 11 is 1.44. The number of amides is 1. The molecule has 0 bridgehead atoms. The fourth-order valence-corrected chi connectivity index (χ4v) is 3.14. The van der Waals surface area contributed by atoms with Crippen LogP contribution in [0.5, 0.6) is 0 Å². The van der Waals surface area contributed by atoms with E-state index in [2.05, 4.69) is 20.1 Å². The van der Waals surface area contributed by atoms with Crippen LogP contribution in [-0.4, -0.2) is 43.5 Å². The van der Waals surface area contributed by atoms with Gasteiger partial charge in [-0.25, -0.2) is 4.79 Å². The average Bonchev–Trinajstić information content (AvgIpc) is 2.80. The van der Waals surface area contributed by atoms with Gasteiger partial charge in [0.15, 0.2) is 0 Å². The van der Waals surface area contributed by atoms with Crippen LogP contribution < -0.4 is 5.32 Å². The minimum Gasteiger partial charge on any atom is -0.480 e. The maximum absolute atomic E-state index is 11.0. The zero-order valence-electron chi connectivity index (χ0n) is 11.3. The molecule has 1 aromatic rings. The van der Waals surface area contributed by atoms with Crippen molar-refractivity contribution in [3.05, 3.63) is 11.6 Å². The summed E-state index contributed by atoms with van der Waals surface area (Å²) in [5, 5.41) is 19.7. The predicted molar refractivity (Wildman–Crippen MR) is 74.4 cm³/mol. The van der Waals surface area contributed by atoms with Gasteiger partial charge in [-0.1, -0.05) is 0 Å². The molecule has 0 radical (unpaired) electrons. The van der Waals surface area contributed by atoms with Crippen LogP contribution in [0.1, 0.15) is 31.4 Å². The SMILES string of the molecule is CC(=O)NC(CSCc1nnc2n1CCCC2)C(=O)O. The molecule has 0 aromatic carbocycles. The molecule has 1 aliphatic rings. The highest BCUT2D eigenvalue weighted by atomic mass is 32.2. The molecule has 8 heteroatoms. The van der Waals surface area contributed by atoms with Crippen molar-refractivity contribution in [1.82, 2.24) is 20.1 Å². The smallest absolute Gasteiger partial charge is 0.327 e. The molecule has 1 aliphatic heterocycles. The Morgan fingerprint density at radius 2 is 2.25 bits per heavy atom. The maximum Gasteiger partial charge on any atom is 0.327 e. The van der Waals surface area contributed by atoms with Crippen LogP contribution in [0.3, 0.4) is 0 Å². The standard InChI is InChI=1S/C12H18N4O3S/c1-8(17)13-9(12(18)19)6-20-7-11-15-14-10-4-2-3-5-16(10)11/h9H,2-7H2,1H3,(H,13,17)(H,18,19). The number of aromatic nitrogens is 3. The van der Waals surface area contributed by atoms with Crippen molar-refractivity contribution in [3.63, 3.8) is 0 Å². The largest absolute Gasteiger partial charge is 0.480 e. The van der Waals surface area contributed by atoms with Crippen molar-refractivity contribution >= 4 is 23.6 Å². The van der Waals surface area contributed by atoms with Gasteiger partial charge in [-0.2, -0.15) is 11.8 Å². The number of rotatable bonds is 6. The van der Waals surface area contributed by atoms with E-state index in [1.165, 1.54) is 18.7 Å². The van der Waals surface area contributed by atoms with Crippen molar-refractivity contribution in [3.8, 4) is 0 Å². The number of thioether (sulfide) groups is 1. The molecule has 1 amide bonds. The lowest BCUT2D eigenvalue weighted by Gasteiger charge is -2.15. The zero-order chi connectivity index (χ0) is 14.5. The van der Waals surface area contributed by atoms with Gasteiger partial charge >= 0.3 is 5.97 Å². The van der Waals surface area contributed by atoms with Crippen LogP contribution in [0.2, 0.25) is 0 Å². The summed E-state index contributed by atoms with van der Waals surface area (Å²) in [6.07, 6.45) is 3.24. The number of aliphatic carboxylic acids is 1. The molecule has 7 nitrogen and oxygen atoms in total. The number of aryl methyl sites for hydroxylation is 1. The maximum atomic E-state index is 11.0. The van der Waals surface area contributed by atoms with E-state index >= 15 is 0 Å². The van der Waals surface area contributed by atoms with E-state index in [1.54, 1.807) is 0 Å². The summed E-state index contributed by atoms with van der Waals surface area (Å²) in [6, 6.07) is -0.860. The second kappa shape index (κ2) is 6.74. The summed E-state index contributed by atoms with van der Waals surface area (Å²) in [7, 11) is 0. The molecule has 1 atom stereocenters. The van der Waals surface area contributed by atoms with E-state index in [0.29, 0.717) is 11.5 Å². The third kappa shape index (κ3) is 3.72. The first-order valence-electron chi connectivity index (χ1n) is 6.56. The third-order valence-electron chi connectivity index (χ3n) is 3.13. The van der Waals surface area contributed by atoms with Crippen molar-refractivity contribution in [2.24, 2.45) is 0 Å². The lowest BCUT2D eigenvalue weighted by Crippen LogP contribution is -2.41. The Balaban J connectivity index is 1.87. The van der Waals surface area contributed by atoms with Crippen molar-refractivity contribution < 1.29 is 14.7 Å². The molecule has 2 N–H and O–H groups in total. The van der Waals surface area contributed by atoms with Gasteiger partial charge in [0.2, 0.25) is 5.91 Å². The second-order valence-electron chi connectivity index (χ2n) is 4.75. The first-order chi connectivity index (χ1) is 9.58. The molecule has 0 fully saturated rings. The van der Waals surface area contributed by atoms with Crippen LogP contribution in [0.25, 0.3) is 0 Å². The molecule has 0 saturated heterocycles. The number of hydrogen-bond acceptors (Lipinski definition) is 5. The van der Waals surface area contributed by atoms with Crippen LogP contribution >= 0.6 is 11.8 Å². The first-order valence-corrected chi connectivity index (χ1v) is 7.72. The van der Waals surface area contributed by atoms with E-state index in [9.17, 15) is 9.59 Å². The van der Waals surface area contributed by atoms with Gasteiger partial charge in [-0.3, -0.25) is 4.79 Å². The molecule has 0 saturated carbocycles. The van der Waals surface area contributed by atoms with Gasteiger partial charge in [0.25, 0.3) is 0 Å². The van der Waals surface area contributed by atoms with Crippen LogP contribution in [0.4, 0.5) is 0 Å². The minimum atomic E-state index is -1.02. The Hall–Kier alpha value is -1.57. The number of nitrogens with one attached hydrogen (secondary N) is 1. The highest BCUT2D eigenvalue weighted by Crippen LogP contribution is 2.18. The summed E-state index contributed by atoms with van der Waals surface area (Å²) in [6.45, 7) is 2.25. The van der Waals surface area contributed by atoms with Gasteiger partial charge in [-0.05, 0) is 12.8 Å². The fraction of sp³-hybridized carbons (Fsp3) is 0.667. The third-order valence-corrected chi connectivity index (χ3v) is 4.16. The second-order valence-corrected chi connectivity index (χ2v) is 5.78. The van der Waals surface area contributed by atoms with Gasteiger partial charge < -0.3 is 15.0 Å². The summed E-state index contributed by atoms with van der Waals surface area (Å²) < 4.78 is 2.12. The number of carboxylic acid groups (broad SMARTS) is 1. The Bertz CT molecular complexity index is 503. The first kappa shape index (κ1) is 14.8. The van der Waals surface area contributed by atoms with E-state index in [1.807, 2.05) is 0 Å². The number of nitrogens with zero attached hydrogens (tertiary/aromatic N) is 3. The molecule has 2 heterocycles. The highest BCUT2D eigenvalue weighted by molar-refractivity contribution is 7.98. The molecule has 1 aromatic heterocycles. The molecule has 110 valence electrons. The highest BCUT2D eigenvalue weighted by Gasteiger charge is 2.20. The van der Waals surface area contributed by atoms with Gasteiger partial charge in [0.05, 0.1) is 5.75 Å². The van der Waals surface area contributed by atoms with Crippen molar-refractivity contribution in [2.45, 2.75) is 44.5 Å². The van der Waals surface area contributed by atoms with E-state index in [0.717, 1.165) is 37.5 Å². The van der Waals surface area contributed by atoms with Crippen LogP contribution in [0, 0.1) is 0 Å². The zero-order valence-corrected chi connectivity index (χ0v) is 12.2. The molecular formula is C12H18N4O3S. The Morgan fingerprint density at radius 3 is 2.95 bits per heavy atom. The summed E-state index contributed by atoms with van der Waals surface area (Å²) in [4.78, 5) is 21.9. The van der Waals surface area contributed by atoms with E-state index in [-0.39, 0.29) is 5.91 Å². The molecule has 0 aliphatic carbocycles. The molecule has 2 rings (SSSR count). The monoisotopic (exact) mass is 298 g/mol. The van der Waals surface area contributed by atoms with Crippen LogP contribution in [0.15, 0.2) is 0 Å². The summed E-state index contributed by atoms with van der Waals surface area (Å²) in [5.41, 5.74) is 0. The van der Waals surface area contributed by atoms with Gasteiger partial charge in [0.1, 0.15) is 17.7 Å². The Kier molecular flexibility index (Phi) is 4.99. The van der Waals surface area contributed by atoms with Crippen molar-refractivity contribution in [1.29, 1.82) is 0 Å². The summed E-state index contributed by atoms with van der Waals surface area (Å²) in [5.74, 6) is 1.47. The number of carboxylic acids is 1. The minimum absolute atomic E-state index is 0.317. The molecule has 0 spiro atoms. The number of carbonyl (C=O) groups is 2. The van der Waals surface area contributed by atoms with Crippen molar-refractivity contribution in [2.75, 3.05) is 5.75 Å². The van der Waals surface area contributed by atoms with Gasteiger partial charge in [0, 0.05) is 25.6 Å². The number of fused-ring (bicyclic) bond motifs is 1. The molecule has 1 unspecified atom stereocenters. The average molecular weight is 298 g/mol. The van der Waals surface area contributed by atoms with Gasteiger partial charge in [-0.15, -0.1) is 10.2 Å². The van der Waals surface area contributed by atoms with E-state index < -0.39 is 12.0 Å². The fourth-order valence-electron chi connectivity index (χ4n) is 2.16. The predicted octanol–water partition coefficient (Wildman–Crippen LogP) is 0.437. The number of hydrogen-bond donors (Lipinski definition) is 2. The van der Waals surface area contributed by atoms with Crippen LogP contribution in [-0.2, 0) is 28.3 Å². The normalized spacial score (nSPS) is 15.4.